The van der Waals surface area contributed by atoms with Gasteiger partial charge in [0, 0.05) is 7.05 Å². The van der Waals surface area contributed by atoms with Gasteiger partial charge in [0.15, 0.2) is 0 Å². The first kappa shape index (κ1) is 61.0. The number of aromatic nitrogens is 4. The molecular weight excluding hydrogens is 1040 g/mol. The summed E-state index contributed by atoms with van der Waals surface area (Å²) in [5.74, 6) is 0.391. The van der Waals surface area contributed by atoms with E-state index in [0.717, 1.165) is 31.9 Å². The summed E-state index contributed by atoms with van der Waals surface area (Å²) in [4.78, 5) is 63.7. The van der Waals surface area contributed by atoms with E-state index in [-0.39, 0.29) is 33.1 Å². The van der Waals surface area contributed by atoms with Crippen molar-refractivity contribution in [1.29, 1.82) is 0 Å². The summed E-state index contributed by atoms with van der Waals surface area (Å²) in [5.41, 5.74) is 0.892. The molecule has 0 unspecified atom stereocenters. The molecule has 6 aromatic carbocycles. The Morgan fingerprint density at radius 2 is 0.877 bits per heavy atom. The monoisotopic (exact) mass is 1120 g/mol. The van der Waals surface area contributed by atoms with Crippen LogP contribution < -0.4 is 31.9 Å². The van der Waals surface area contributed by atoms with Crippen molar-refractivity contribution in [3.05, 3.63) is 213 Å². The second kappa shape index (κ2) is 24.6. The van der Waals surface area contributed by atoms with Crippen LogP contribution in [0.15, 0.2) is 179 Å². The molecule has 1 N–H and O–H groups in total. The fourth-order valence-corrected chi connectivity index (χ4v) is 19.8. The summed E-state index contributed by atoms with van der Waals surface area (Å²) in [6.07, 6.45) is 6.35. The topological polar surface area (TPSA) is 152 Å². The third-order valence-corrected chi connectivity index (χ3v) is 25.2. The SMILES string of the molecule is COC(=O)C(C)(C)/C=C/c1ccc2c(=O)[nH]c([C@@H](C)O[Si](c3ccccc3)(c3ccccc3)C(C)(C)C)nc2c1.COC(=O)C(C)(C)/C=C/c1ccc2c(=O)n(C)c([C@@H](C)O[Si](c3ccccc3)(c3ccccc3)C(C)(C)C)nc2c1. The lowest BCUT2D eigenvalue weighted by atomic mass is 9.92. The van der Waals surface area contributed by atoms with Gasteiger partial charge in [-0.15, -0.1) is 0 Å². The van der Waals surface area contributed by atoms with E-state index in [1.165, 1.54) is 14.2 Å². The minimum absolute atomic E-state index is 0.131. The standard InChI is InChI=1S/C34H40N2O4Si.C33H38N2O4Si/c1-24(40-41(33(2,3)4,26-15-11-9-12-16-26)27-17-13-10-14-18-27)30-35-29-23-25(19-20-28(29)31(37)36(30)7)21-22-34(5,6)32(38)39-8;1-23(39-40(32(2,3)4,25-14-10-8-11-15-25)26-16-12-9-13-17-26)29-34-28-22-24(18-19-27(28)30(36)35-29)20-21-33(5,6)31(37)38-7/h9-24H,1-8H3;8-23H,1-7H3,(H,34,35,36)/b22-21+;21-20+/t24-;23-/m11/s1. The predicted octanol–water partition coefficient (Wildman–Crippen LogP) is 11.6. The average molecular weight is 1120 g/mol. The minimum Gasteiger partial charge on any atom is -0.468 e. The van der Waals surface area contributed by atoms with Gasteiger partial charge in [0.2, 0.25) is 0 Å². The molecule has 0 aliphatic carbocycles. The number of methoxy groups -OCH3 is 2. The maximum absolute atomic E-state index is 13.5. The molecule has 0 saturated carbocycles. The number of rotatable bonds is 16. The third-order valence-electron chi connectivity index (χ3n) is 15.0. The van der Waals surface area contributed by atoms with E-state index in [1.807, 2.05) is 98.8 Å². The number of aromatic amines is 1. The number of carbonyl (C=O) groups is 2. The van der Waals surface area contributed by atoms with Gasteiger partial charge in [0.25, 0.3) is 27.8 Å². The largest absolute Gasteiger partial charge is 0.468 e. The van der Waals surface area contributed by atoms with Gasteiger partial charge in [-0.1, -0.05) is 199 Å². The molecule has 14 heteroatoms. The van der Waals surface area contributed by atoms with Crippen molar-refractivity contribution in [3.8, 4) is 0 Å². The summed E-state index contributed by atoms with van der Waals surface area (Å²) >= 11 is 0. The van der Waals surface area contributed by atoms with Gasteiger partial charge in [-0.05, 0) is 108 Å². The number of esters is 2. The Labute approximate surface area is 479 Å². The predicted molar refractivity (Wildman–Crippen MR) is 333 cm³/mol. The van der Waals surface area contributed by atoms with Crippen LogP contribution in [0, 0.1) is 10.8 Å². The van der Waals surface area contributed by atoms with Gasteiger partial charge in [-0.3, -0.25) is 23.7 Å². The van der Waals surface area contributed by atoms with E-state index in [9.17, 15) is 19.2 Å². The number of carbonyl (C=O) groups excluding carboxylic acids is 2. The molecule has 422 valence electrons. The molecule has 2 atom stereocenters. The number of H-pyrrole nitrogens is 1. The Hall–Kier alpha value is -7.63. The van der Waals surface area contributed by atoms with Gasteiger partial charge in [-0.2, -0.15) is 0 Å². The zero-order chi connectivity index (χ0) is 59.1. The van der Waals surface area contributed by atoms with Crippen molar-refractivity contribution < 1.29 is 27.9 Å². The first-order chi connectivity index (χ1) is 38.2. The van der Waals surface area contributed by atoms with Crippen molar-refractivity contribution in [2.75, 3.05) is 14.2 Å². The highest BCUT2D eigenvalue weighted by Gasteiger charge is 2.53. The van der Waals surface area contributed by atoms with Crippen molar-refractivity contribution in [1.82, 2.24) is 19.5 Å². The number of ether oxygens (including phenoxy) is 2. The van der Waals surface area contributed by atoms with Crippen LogP contribution in [0.1, 0.15) is 118 Å². The maximum Gasteiger partial charge on any atom is 0.315 e. The van der Waals surface area contributed by atoms with Gasteiger partial charge >= 0.3 is 11.9 Å². The smallest absolute Gasteiger partial charge is 0.315 e. The van der Waals surface area contributed by atoms with Crippen molar-refractivity contribution in [3.63, 3.8) is 0 Å². The van der Waals surface area contributed by atoms with Crippen LogP contribution in [-0.2, 0) is 35.0 Å². The van der Waals surface area contributed by atoms with Crippen LogP contribution in [0.5, 0.6) is 0 Å². The molecule has 8 aromatic rings. The molecule has 0 fully saturated rings. The van der Waals surface area contributed by atoms with Gasteiger partial charge < -0.3 is 23.3 Å². The minimum atomic E-state index is -2.87. The van der Waals surface area contributed by atoms with Crippen LogP contribution in [0.4, 0.5) is 0 Å². The Morgan fingerprint density at radius 3 is 1.25 bits per heavy atom. The average Bonchev–Trinajstić information content (AvgIpc) is 3.47. The highest BCUT2D eigenvalue weighted by Crippen LogP contribution is 2.41. The van der Waals surface area contributed by atoms with E-state index in [0.29, 0.717) is 33.5 Å². The molecule has 8 rings (SSSR count). The zero-order valence-corrected chi connectivity index (χ0v) is 51.6. The molecule has 81 heavy (non-hydrogen) atoms. The van der Waals surface area contributed by atoms with Crippen LogP contribution in [0.25, 0.3) is 34.0 Å². The number of hydrogen-bond acceptors (Lipinski definition) is 10. The van der Waals surface area contributed by atoms with E-state index in [2.05, 4.69) is 119 Å². The molecule has 12 nitrogen and oxygen atoms in total. The van der Waals surface area contributed by atoms with Crippen molar-refractivity contribution in [2.24, 2.45) is 17.9 Å². The number of nitrogens with one attached hydrogen (secondary N) is 1. The van der Waals surface area contributed by atoms with Gasteiger partial charge in [0.1, 0.15) is 23.9 Å². The van der Waals surface area contributed by atoms with Crippen molar-refractivity contribution >= 4 is 83.3 Å². The molecule has 0 bridgehead atoms. The Bertz CT molecular complexity index is 3600. The van der Waals surface area contributed by atoms with Gasteiger partial charge in [0.05, 0.1) is 46.9 Å². The van der Waals surface area contributed by atoms with Crippen LogP contribution in [0.3, 0.4) is 0 Å². The number of fused-ring (bicyclic) bond motifs is 2. The first-order valence-corrected chi connectivity index (χ1v) is 31.2. The van der Waals surface area contributed by atoms with Crippen LogP contribution >= 0.6 is 0 Å². The number of nitrogens with zero attached hydrogens (tertiary/aromatic N) is 3. The van der Waals surface area contributed by atoms with Crippen LogP contribution in [0.2, 0.25) is 10.1 Å². The highest BCUT2D eigenvalue weighted by molar-refractivity contribution is 7.00. The summed E-state index contributed by atoms with van der Waals surface area (Å²) in [5, 5.41) is 5.22. The number of benzene rings is 6. The van der Waals surface area contributed by atoms with E-state index in [4.69, 9.17) is 28.3 Å². The normalized spacial score (nSPS) is 13.5. The van der Waals surface area contributed by atoms with E-state index < -0.39 is 39.7 Å². The van der Waals surface area contributed by atoms with E-state index >= 15 is 0 Å². The molecule has 0 saturated heterocycles. The first-order valence-electron chi connectivity index (χ1n) is 27.4. The Kier molecular flexibility index (Phi) is 18.5. The van der Waals surface area contributed by atoms with Crippen LogP contribution in [-0.4, -0.2) is 62.3 Å². The summed E-state index contributed by atoms with van der Waals surface area (Å²) in [6, 6.07) is 52.6. The molecule has 0 aliphatic heterocycles. The summed E-state index contributed by atoms with van der Waals surface area (Å²) in [6.45, 7) is 24.5. The second-order valence-electron chi connectivity index (χ2n) is 23.8. The number of hydrogen-bond donors (Lipinski definition) is 1. The highest BCUT2D eigenvalue weighted by atomic mass is 28.4. The molecule has 0 spiro atoms. The lowest BCUT2D eigenvalue weighted by Gasteiger charge is -2.44. The summed E-state index contributed by atoms with van der Waals surface area (Å²) < 4.78 is 25.8. The second-order valence-corrected chi connectivity index (χ2v) is 32.3. The third kappa shape index (κ3) is 12.9. The zero-order valence-electron chi connectivity index (χ0n) is 49.6. The fraction of sp³-hybridized carbons (Fsp3) is 0.313. The molecule has 2 heterocycles. The quantitative estimate of drug-likeness (QED) is 0.0731. The fourth-order valence-electron chi connectivity index (χ4n) is 10.5. The molecule has 2 aromatic heterocycles. The lowest BCUT2D eigenvalue weighted by molar-refractivity contribution is -0.148. The lowest BCUT2D eigenvalue weighted by Crippen LogP contribution is -2.66. The van der Waals surface area contributed by atoms with E-state index in [1.54, 1.807) is 63.6 Å². The summed E-state index contributed by atoms with van der Waals surface area (Å²) in [7, 11) is -1.22. The maximum atomic E-state index is 13.5. The molecule has 0 aliphatic rings. The molecular formula is C67H78N4O8Si2. The molecule has 0 radical (unpaired) electrons. The Balaban J connectivity index is 0.000000234. The Morgan fingerprint density at radius 1 is 0.519 bits per heavy atom. The van der Waals surface area contributed by atoms with Gasteiger partial charge in [-0.25, -0.2) is 9.97 Å². The van der Waals surface area contributed by atoms with Crippen molar-refractivity contribution in [2.45, 2.75) is 105 Å². The molecule has 0 amide bonds.